The highest BCUT2D eigenvalue weighted by Gasteiger charge is 2.10. The third kappa shape index (κ3) is 3.30. The van der Waals surface area contributed by atoms with Gasteiger partial charge in [-0.15, -0.1) is 6.42 Å². The summed E-state index contributed by atoms with van der Waals surface area (Å²) in [7, 11) is 1.64. The van der Waals surface area contributed by atoms with Crippen LogP contribution >= 0.6 is 0 Å². The van der Waals surface area contributed by atoms with Crippen molar-refractivity contribution in [3.8, 4) is 18.1 Å². The number of hydrogen-bond donors (Lipinski definition) is 0. The van der Waals surface area contributed by atoms with Crippen molar-refractivity contribution in [1.82, 2.24) is 0 Å². The molecule has 1 aromatic rings. The molecule has 0 aliphatic rings. The Balaban J connectivity index is 2.80. The highest BCUT2D eigenvalue weighted by Crippen LogP contribution is 2.21. The Labute approximate surface area is 91.2 Å². The molecule has 15 heavy (non-hydrogen) atoms. The second kappa shape index (κ2) is 5.43. The molecule has 0 heterocycles. The SMILES string of the molecule is C#CC(OC(C)C)c1ccc(OC)cc1. The van der Waals surface area contributed by atoms with Crippen molar-refractivity contribution in [3.63, 3.8) is 0 Å². The summed E-state index contributed by atoms with van der Waals surface area (Å²) in [4.78, 5) is 0. The van der Waals surface area contributed by atoms with Crippen molar-refractivity contribution in [2.45, 2.75) is 26.1 Å². The van der Waals surface area contributed by atoms with Gasteiger partial charge >= 0.3 is 0 Å². The van der Waals surface area contributed by atoms with Gasteiger partial charge in [0.05, 0.1) is 13.2 Å². The summed E-state index contributed by atoms with van der Waals surface area (Å²) >= 11 is 0. The lowest BCUT2D eigenvalue weighted by Crippen LogP contribution is -2.08. The number of hydrogen-bond acceptors (Lipinski definition) is 2. The molecule has 0 N–H and O–H groups in total. The van der Waals surface area contributed by atoms with Crippen molar-refractivity contribution in [2.75, 3.05) is 7.11 Å². The van der Waals surface area contributed by atoms with E-state index in [0.717, 1.165) is 11.3 Å². The van der Waals surface area contributed by atoms with Crippen LogP contribution in [0, 0.1) is 12.3 Å². The smallest absolute Gasteiger partial charge is 0.143 e. The molecular weight excluding hydrogens is 188 g/mol. The Morgan fingerprint density at radius 2 is 1.80 bits per heavy atom. The molecule has 1 rings (SSSR count). The van der Waals surface area contributed by atoms with Gasteiger partial charge in [0.15, 0.2) is 0 Å². The van der Waals surface area contributed by atoms with Gasteiger partial charge in [0.2, 0.25) is 0 Å². The van der Waals surface area contributed by atoms with Gasteiger partial charge in [-0.2, -0.15) is 0 Å². The molecule has 1 atom stereocenters. The van der Waals surface area contributed by atoms with Gasteiger partial charge in [-0.1, -0.05) is 18.1 Å². The van der Waals surface area contributed by atoms with Crippen LogP contribution in [-0.2, 0) is 4.74 Å². The summed E-state index contributed by atoms with van der Waals surface area (Å²) in [5, 5.41) is 0. The monoisotopic (exact) mass is 204 g/mol. The van der Waals surface area contributed by atoms with Crippen molar-refractivity contribution >= 4 is 0 Å². The van der Waals surface area contributed by atoms with Crippen molar-refractivity contribution < 1.29 is 9.47 Å². The summed E-state index contributed by atoms with van der Waals surface area (Å²) in [5.41, 5.74) is 0.979. The lowest BCUT2D eigenvalue weighted by Gasteiger charge is -2.15. The molecule has 1 unspecified atom stereocenters. The first-order valence-corrected chi connectivity index (χ1v) is 4.93. The molecule has 0 spiro atoms. The summed E-state index contributed by atoms with van der Waals surface area (Å²) in [5.74, 6) is 3.44. The quantitative estimate of drug-likeness (QED) is 0.702. The average molecular weight is 204 g/mol. The Kier molecular flexibility index (Phi) is 4.20. The molecule has 2 nitrogen and oxygen atoms in total. The minimum absolute atomic E-state index is 0.119. The van der Waals surface area contributed by atoms with Crippen molar-refractivity contribution in [2.24, 2.45) is 0 Å². The fourth-order valence-corrected chi connectivity index (χ4v) is 1.26. The van der Waals surface area contributed by atoms with Gasteiger partial charge < -0.3 is 9.47 Å². The fraction of sp³-hybridized carbons (Fsp3) is 0.385. The first kappa shape index (κ1) is 11.6. The molecule has 0 fully saturated rings. The number of terminal acetylenes is 1. The molecule has 0 aliphatic carbocycles. The zero-order valence-electron chi connectivity index (χ0n) is 9.36. The second-order valence-electron chi connectivity index (χ2n) is 3.50. The van der Waals surface area contributed by atoms with Gasteiger partial charge in [-0.3, -0.25) is 0 Å². The maximum atomic E-state index is 5.58. The minimum atomic E-state index is -0.282. The molecule has 0 saturated heterocycles. The molecule has 2 heteroatoms. The molecule has 0 bridgehead atoms. The summed E-state index contributed by atoms with van der Waals surface area (Å²) in [6.45, 7) is 3.93. The largest absolute Gasteiger partial charge is 0.497 e. The zero-order chi connectivity index (χ0) is 11.3. The van der Waals surface area contributed by atoms with Crippen LogP contribution in [0.5, 0.6) is 5.75 Å². The average Bonchev–Trinajstić information content (AvgIpc) is 2.26. The Morgan fingerprint density at radius 1 is 1.20 bits per heavy atom. The first-order valence-electron chi connectivity index (χ1n) is 4.93. The predicted molar refractivity (Wildman–Crippen MR) is 60.8 cm³/mol. The van der Waals surface area contributed by atoms with Gasteiger partial charge in [0.1, 0.15) is 11.9 Å². The molecule has 0 saturated carbocycles. The van der Waals surface area contributed by atoms with Crippen LogP contribution in [0.4, 0.5) is 0 Å². The lowest BCUT2D eigenvalue weighted by atomic mass is 10.1. The number of benzene rings is 1. The van der Waals surface area contributed by atoms with E-state index in [9.17, 15) is 0 Å². The maximum absolute atomic E-state index is 5.58. The highest BCUT2D eigenvalue weighted by molar-refractivity contribution is 5.31. The van der Waals surface area contributed by atoms with E-state index >= 15 is 0 Å². The summed E-state index contributed by atoms with van der Waals surface area (Å²) in [6.07, 6.45) is 5.25. The van der Waals surface area contributed by atoms with Crippen LogP contribution in [-0.4, -0.2) is 13.2 Å². The molecular formula is C13H16O2. The predicted octanol–water partition coefficient (Wildman–Crippen LogP) is 2.79. The van der Waals surface area contributed by atoms with Crippen molar-refractivity contribution in [3.05, 3.63) is 29.8 Å². The van der Waals surface area contributed by atoms with E-state index in [-0.39, 0.29) is 12.2 Å². The van der Waals surface area contributed by atoms with Crippen molar-refractivity contribution in [1.29, 1.82) is 0 Å². The fourth-order valence-electron chi connectivity index (χ4n) is 1.26. The van der Waals surface area contributed by atoms with E-state index in [1.807, 2.05) is 38.1 Å². The molecule has 80 valence electrons. The molecule has 0 amide bonds. The Bertz CT molecular complexity index is 333. The highest BCUT2D eigenvalue weighted by atomic mass is 16.5. The van der Waals surface area contributed by atoms with E-state index < -0.39 is 0 Å². The third-order valence-corrected chi connectivity index (χ3v) is 1.98. The van der Waals surface area contributed by atoms with Gasteiger partial charge in [-0.05, 0) is 31.5 Å². The van der Waals surface area contributed by atoms with Crippen LogP contribution < -0.4 is 4.74 Å². The number of ether oxygens (including phenoxy) is 2. The van der Waals surface area contributed by atoms with Crippen LogP contribution in [0.3, 0.4) is 0 Å². The van der Waals surface area contributed by atoms with E-state index in [0.29, 0.717) is 0 Å². The normalized spacial score (nSPS) is 12.2. The van der Waals surface area contributed by atoms with Crippen LogP contribution in [0.25, 0.3) is 0 Å². The first-order chi connectivity index (χ1) is 7.17. The Morgan fingerprint density at radius 3 is 2.20 bits per heavy atom. The van der Waals surface area contributed by atoms with Crippen LogP contribution in [0.1, 0.15) is 25.5 Å². The van der Waals surface area contributed by atoms with Gasteiger partial charge in [-0.25, -0.2) is 0 Å². The number of rotatable bonds is 4. The maximum Gasteiger partial charge on any atom is 0.143 e. The molecule has 0 aliphatic heterocycles. The van der Waals surface area contributed by atoms with E-state index in [4.69, 9.17) is 15.9 Å². The standard InChI is InChI=1S/C13H16O2/c1-5-13(15-10(2)3)11-6-8-12(14-4)9-7-11/h1,6-10,13H,2-4H3. The third-order valence-electron chi connectivity index (χ3n) is 1.98. The number of methoxy groups -OCH3 is 1. The lowest BCUT2D eigenvalue weighted by molar-refractivity contribution is 0.0404. The van der Waals surface area contributed by atoms with E-state index in [1.54, 1.807) is 7.11 Å². The molecule has 0 radical (unpaired) electrons. The van der Waals surface area contributed by atoms with E-state index in [1.165, 1.54) is 0 Å². The zero-order valence-corrected chi connectivity index (χ0v) is 9.36. The van der Waals surface area contributed by atoms with E-state index in [2.05, 4.69) is 5.92 Å². The second-order valence-corrected chi connectivity index (χ2v) is 3.50. The molecule has 1 aromatic carbocycles. The Hall–Kier alpha value is -1.46. The topological polar surface area (TPSA) is 18.5 Å². The minimum Gasteiger partial charge on any atom is -0.497 e. The summed E-state index contributed by atoms with van der Waals surface area (Å²) < 4.78 is 10.7. The molecule has 0 aromatic heterocycles. The van der Waals surface area contributed by atoms with Crippen LogP contribution in [0.15, 0.2) is 24.3 Å². The van der Waals surface area contributed by atoms with Gasteiger partial charge in [0.25, 0.3) is 0 Å². The van der Waals surface area contributed by atoms with Gasteiger partial charge in [0, 0.05) is 0 Å². The van der Waals surface area contributed by atoms with Crippen LogP contribution in [0.2, 0.25) is 0 Å². The summed E-state index contributed by atoms with van der Waals surface area (Å²) in [6, 6.07) is 7.60.